The first-order chi connectivity index (χ1) is 16.8. The lowest BCUT2D eigenvalue weighted by atomic mass is 9.92. The summed E-state index contributed by atoms with van der Waals surface area (Å²) in [4.78, 5) is 13.3. The molecule has 1 aliphatic heterocycles. The number of carbonyl (C=O) groups excluding carboxylic acids is 1. The van der Waals surface area contributed by atoms with Crippen molar-refractivity contribution in [2.75, 3.05) is 11.9 Å². The number of halogens is 3. The van der Waals surface area contributed by atoms with E-state index in [4.69, 9.17) is 0 Å². The van der Waals surface area contributed by atoms with Crippen molar-refractivity contribution in [1.82, 2.24) is 4.57 Å². The van der Waals surface area contributed by atoms with Gasteiger partial charge in [0, 0.05) is 23.6 Å². The first-order valence-electron chi connectivity index (χ1n) is 11.7. The number of aromatic nitrogens is 1. The Bertz CT molecular complexity index is 1360. The van der Waals surface area contributed by atoms with Crippen LogP contribution in [0.2, 0.25) is 0 Å². The number of benzene rings is 2. The van der Waals surface area contributed by atoms with E-state index in [0.29, 0.717) is 23.8 Å². The smallest absolute Gasteiger partial charge is 0.395 e. The second kappa shape index (κ2) is 8.14. The molecular weight excluding hydrogens is 477 g/mol. The average Bonchev–Trinajstić information content (AvgIpc) is 3.41. The molecule has 1 fully saturated rings. The van der Waals surface area contributed by atoms with Crippen molar-refractivity contribution < 1.29 is 39.1 Å². The molecule has 10 heteroatoms. The van der Waals surface area contributed by atoms with E-state index in [1.165, 1.54) is 18.2 Å². The molecule has 0 radical (unpaired) electrons. The molecule has 194 valence electrons. The van der Waals surface area contributed by atoms with E-state index >= 15 is 4.39 Å². The maximum Gasteiger partial charge on any atom is 0.586 e. The predicted molar refractivity (Wildman–Crippen MR) is 128 cm³/mol. The van der Waals surface area contributed by atoms with Crippen molar-refractivity contribution in [3.63, 3.8) is 0 Å². The molecule has 0 spiro atoms. The molecule has 1 unspecified atom stereocenters. The summed E-state index contributed by atoms with van der Waals surface area (Å²) >= 11 is 0. The number of alkyl halides is 2. The molecule has 2 aromatic carbocycles. The number of fused-ring (bicyclic) bond motifs is 2. The highest BCUT2D eigenvalue weighted by atomic mass is 19.3. The Morgan fingerprint density at radius 2 is 1.86 bits per heavy atom. The van der Waals surface area contributed by atoms with Crippen molar-refractivity contribution in [3.05, 3.63) is 53.5 Å². The van der Waals surface area contributed by atoms with E-state index in [2.05, 4.69) is 14.8 Å². The third kappa shape index (κ3) is 4.18. The van der Waals surface area contributed by atoms with Gasteiger partial charge < -0.3 is 29.6 Å². The van der Waals surface area contributed by atoms with Gasteiger partial charge in [-0.25, -0.2) is 4.39 Å². The van der Waals surface area contributed by atoms with Crippen LogP contribution >= 0.6 is 0 Å². The number of carbonyl (C=O) groups is 1. The molecule has 3 aromatic rings. The summed E-state index contributed by atoms with van der Waals surface area (Å²) in [5, 5.41) is 22.7. The van der Waals surface area contributed by atoms with Crippen LogP contribution in [-0.4, -0.2) is 39.7 Å². The SMILES string of the molecule is CC(C)(C)c1cc2cc(NC(=O)C3(c4ccc5c(c4)OC(F)(F)O5)CC3)cc(F)c2n1CC(O)CO.[HH]. The van der Waals surface area contributed by atoms with E-state index in [0.717, 1.165) is 5.69 Å². The predicted octanol–water partition coefficient (Wildman–Crippen LogP) is 4.67. The zero-order valence-electron chi connectivity index (χ0n) is 20.1. The van der Waals surface area contributed by atoms with Crippen LogP contribution in [0.4, 0.5) is 18.9 Å². The first kappa shape index (κ1) is 24.5. The van der Waals surface area contributed by atoms with Crippen LogP contribution in [0.5, 0.6) is 11.5 Å². The van der Waals surface area contributed by atoms with Gasteiger partial charge in [-0.05, 0) is 48.7 Å². The quantitative estimate of drug-likeness (QED) is 0.452. The Morgan fingerprint density at radius 3 is 2.50 bits per heavy atom. The number of rotatable bonds is 6. The number of aliphatic hydroxyl groups excluding tert-OH is 2. The monoisotopic (exact) mass is 506 g/mol. The lowest BCUT2D eigenvalue weighted by molar-refractivity contribution is -0.286. The molecule has 2 heterocycles. The second-order valence-electron chi connectivity index (χ2n) is 10.5. The number of amides is 1. The molecule has 5 rings (SSSR count). The number of hydrogen-bond acceptors (Lipinski definition) is 5. The lowest BCUT2D eigenvalue weighted by Crippen LogP contribution is -2.28. The van der Waals surface area contributed by atoms with E-state index in [1.807, 2.05) is 26.8 Å². The van der Waals surface area contributed by atoms with E-state index in [1.54, 1.807) is 16.7 Å². The highest BCUT2D eigenvalue weighted by Gasteiger charge is 2.52. The number of anilines is 1. The van der Waals surface area contributed by atoms with Crippen LogP contribution in [0, 0.1) is 5.82 Å². The molecular formula is C26H29F3N2O5. The fourth-order valence-electron chi connectivity index (χ4n) is 4.78. The Hall–Kier alpha value is -3.24. The standard InChI is InChI=1S/C26H27F3N2O5.H2/c1-24(2,3)21-9-14-8-16(11-18(27)22(14)31(21)12-17(33)13-32)30-23(34)25(6-7-25)15-4-5-19-20(10-15)36-26(28,29)35-19;/h4-5,8-11,17,32-33H,6-7,12-13H2,1-3H3,(H,30,34);1H. The maximum absolute atomic E-state index is 15.4. The van der Waals surface area contributed by atoms with Crippen molar-refractivity contribution in [2.24, 2.45) is 0 Å². The largest absolute Gasteiger partial charge is 0.586 e. The van der Waals surface area contributed by atoms with Crippen LogP contribution in [0.25, 0.3) is 10.9 Å². The van der Waals surface area contributed by atoms with Gasteiger partial charge in [0.05, 0.1) is 30.2 Å². The number of ether oxygens (including phenoxy) is 2. The molecule has 1 saturated carbocycles. The van der Waals surface area contributed by atoms with E-state index in [9.17, 15) is 23.8 Å². The molecule has 7 nitrogen and oxygen atoms in total. The van der Waals surface area contributed by atoms with Crippen molar-refractivity contribution >= 4 is 22.5 Å². The minimum absolute atomic E-state index is 0. The Labute approximate surface area is 206 Å². The van der Waals surface area contributed by atoms with Gasteiger partial charge in [0.15, 0.2) is 11.5 Å². The van der Waals surface area contributed by atoms with Crippen LogP contribution in [0.3, 0.4) is 0 Å². The van der Waals surface area contributed by atoms with Crippen LogP contribution in [-0.2, 0) is 22.2 Å². The number of hydrogen-bond donors (Lipinski definition) is 3. The van der Waals surface area contributed by atoms with Gasteiger partial charge >= 0.3 is 6.29 Å². The molecule has 3 N–H and O–H groups in total. The fraction of sp³-hybridized carbons (Fsp3) is 0.423. The van der Waals surface area contributed by atoms with Gasteiger partial charge in [-0.15, -0.1) is 8.78 Å². The topological polar surface area (TPSA) is 93.0 Å². The third-order valence-electron chi connectivity index (χ3n) is 6.71. The zero-order chi connectivity index (χ0) is 26.0. The lowest BCUT2D eigenvalue weighted by Gasteiger charge is -2.23. The number of nitrogens with zero attached hydrogens (tertiary/aromatic N) is 1. The Kier molecular flexibility index (Phi) is 5.53. The molecule has 1 atom stereocenters. The van der Waals surface area contributed by atoms with Gasteiger partial charge in [-0.1, -0.05) is 26.8 Å². The van der Waals surface area contributed by atoms with Crippen LogP contribution in [0.15, 0.2) is 36.4 Å². The van der Waals surface area contributed by atoms with E-state index < -0.39 is 30.2 Å². The maximum atomic E-state index is 15.4. The summed E-state index contributed by atoms with van der Waals surface area (Å²) in [6.45, 7) is 5.44. The van der Waals surface area contributed by atoms with E-state index in [-0.39, 0.29) is 42.0 Å². The van der Waals surface area contributed by atoms with Gasteiger partial charge in [0.2, 0.25) is 5.91 Å². The summed E-state index contributed by atoms with van der Waals surface area (Å²) in [6.07, 6.45) is -3.80. The van der Waals surface area contributed by atoms with Crippen molar-refractivity contribution in [1.29, 1.82) is 0 Å². The van der Waals surface area contributed by atoms with Crippen LogP contribution < -0.4 is 14.8 Å². The highest BCUT2D eigenvalue weighted by Crippen LogP contribution is 2.52. The minimum Gasteiger partial charge on any atom is -0.395 e. The minimum atomic E-state index is -3.75. The van der Waals surface area contributed by atoms with Crippen molar-refractivity contribution in [2.45, 2.75) is 63.4 Å². The van der Waals surface area contributed by atoms with Gasteiger partial charge in [-0.3, -0.25) is 4.79 Å². The second-order valence-corrected chi connectivity index (χ2v) is 10.5. The van der Waals surface area contributed by atoms with Gasteiger partial charge in [0.1, 0.15) is 5.82 Å². The normalized spacial score (nSPS) is 18.3. The molecule has 1 aliphatic carbocycles. The number of nitrogens with one attached hydrogen (secondary N) is 1. The highest BCUT2D eigenvalue weighted by molar-refractivity contribution is 6.02. The van der Waals surface area contributed by atoms with Gasteiger partial charge in [0.25, 0.3) is 0 Å². The zero-order valence-corrected chi connectivity index (χ0v) is 20.1. The Balaban J connectivity index is 0.00000320. The summed E-state index contributed by atoms with van der Waals surface area (Å²) in [7, 11) is 0. The number of aliphatic hydroxyl groups is 2. The molecule has 1 amide bonds. The average molecular weight is 507 g/mol. The van der Waals surface area contributed by atoms with Crippen LogP contribution in [0.1, 0.15) is 46.3 Å². The summed E-state index contributed by atoms with van der Waals surface area (Å²) in [5.74, 6) is -1.19. The fourth-order valence-corrected chi connectivity index (χ4v) is 4.78. The summed E-state index contributed by atoms with van der Waals surface area (Å²) < 4.78 is 52.8. The molecule has 2 aliphatic rings. The molecule has 0 bridgehead atoms. The Morgan fingerprint density at radius 1 is 1.17 bits per heavy atom. The molecule has 0 saturated heterocycles. The van der Waals surface area contributed by atoms with Crippen molar-refractivity contribution in [3.8, 4) is 11.5 Å². The third-order valence-corrected chi connectivity index (χ3v) is 6.71. The van der Waals surface area contributed by atoms with Gasteiger partial charge in [-0.2, -0.15) is 0 Å². The summed E-state index contributed by atoms with van der Waals surface area (Å²) in [6, 6.07) is 8.97. The summed E-state index contributed by atoms with van der Waals surface area (Å²) in [5.41, 5.74) is 0.490. The molecule has 1 aromatic heterocycles. The first-order valence-corrected chi connectivity index (χ1v) is 11.7. The molecule has 36 heavy (non-hydrogen) atoms.